The molecule has 2 aromatic heterocycles. The van der Waals surface area contributed by atoms with Gasteiger partial charge in [0.05, 0.1) is 60.7 Å². The number of amides is 2. The monoisotopic (exact) mass is 747 g/mol. The van der Waals surface area contributed by atoms with Crippen molar-refractivity contribution in [2.75, 3.05) is 30.5 Å². The number of halogens is 4. The molecule has 1 N–H and O–H groups in total. The number of benzene rings is 2. The zero-order valence-electron chi connectivity index (χ0n) is 24.6. The lowest BCUT2D eigenvalue weighted by Crippen LogP contribution is -2.51. The highest BCUT2D eigenvalue weighted by Gasteiger charge is 2.59. The molecule has 2 saturated carbocycles. The third-order valence-electron chi connectivity index (χ3n) is 9.05. The van der Waals surface area contributed by atoms with Crippen molar-refractivity contribution in [2.24, 2.45) is 0 Å². The molecule has 2 aliphatic carbocycles. The number of anilines is 2. The lowest BCUT2D eigenvalue weighted by Gasteiger charge is -2.41. The fourth-order valence-electron chi connectivity index (χ4n) is 7.02. The number of pyridine rings is 2. The van der Waals surface area contributed by atoms with Crippen molar-refractivity contribution in [3.63, 3.8) is 0 Å². The van der Waals surface area contributed by atoms with E-state index in [1.54, 1.807) is 48.4 Å². The first-order valence-electron chi connectivity index (χ1n) is 14.3. The van der Waals surface area contributed by atoms with Gasteiger partial charge in [-0.05, 0) is 56.8 Å². The number of likely N-dealkylation sites (N-methyl/N-ethyl adjacent to an activating group) is 2. The summed E-state index contributed by atoms with van der Waals surface area (Å²) in [6, 6.07) is 6.03. The lowest BCUT2D eigenvalue weighted by molar-refractivity contribution is -0.138. The Bertz CT molecular complexity index is 1950. The summed E-state index contributed by atoms with van der Waals surface area (Å²) in [4.78, 5) is 48.3. The fourth-order valence-corrected chi connectivity index (χ4v) is 7.70. The van der Waals surface area contributed by atoms with E-state index in [1.165, 1.54) is 12.1 Å². The van der Waals surface area contributed by atoms with Gasteiger partial charge in [0, 0.05) is 62.3 Å². The van der Waals surface area contributed by atoms with Crippen molar-refractivity contribution < 1.29 is 29.6 Å². The van der Waals surface area contributed by atoms with Gasteiger partial charge in [-0.2, -0.15) is 0 Å². The van der Waals surface area contributed by atoms with Crippen LogP contribution >= 0.6 is 41.1 Å². The van der Waals surface area contributed by atoms with Gasteiger partial charge in [0.25, 0.3) is 0 Å². The molecule has 0 radical (unpaired) electrons. The van der Waals surface area contributed by atoms with Crippen LogP contribution in [-0.4, -0.2) is 59.5 Å². The lowest BCUT2D eigenvalue weighted by atomic mass is 9.63. The van der Waals surface area contributed by atoms with E-state index in [9.17, 15) is 28.3 Å². The van der Waals surface area contributed by atoms with Gasteiger partial charge in [0.1, 0.15) is 17.4 Å². The number of carbonyl (C=O) groups excluding carboxylic acids is 3. The molecule has 13 heteroatoms. The van der Waals surface area contributed by atoms with Crippen LogP contribution in [0.15, 0.2) is 45.6 Å². The molecule has 2 aliphatic heterocycles. The van der Waals surface area contributed by atoms with E-state index in [0.29, 0.717) is 45.1 Å². The van der Waals surface area contributed by atoms with Gasteiger partial charge >= 0.3 is 0 Å². The minimum absolute atomic E-state index is 0.0162. The number of rotatable bonds is 0. The highest BCUT2D eigenvalue weighted by atomic mass is 79.9. The van der Waals surface area contributed by atoms with E-state index in [1.807, 2.05) is 0 Å². The van der Waals surface area contributed by atoms with Crippen LogP contribution in [0.3, 0.4) is 0 Å². The fraction of sp³-hybridized carbons (Fsp3) is 0.323. The summed E-state index contributed by atoms with van der Waals surface area (Å²) in [6.45, 7) is 0.417. The van der Waals surface area contributed by atoms with Gasteiger partial charge in [-0.25, -0.2) is 8.78 Å². The van der Waals surface area contributed by atoms with Gasteiger partial charge in [-0.3, -0.25) is 24.4 Å². The van der Waals surface area contributed by atoms with Gasteiger partial charge in [0.2, 0.25) is 11.8 Å². The van der Waals surface area contributed by atoms with Gasteiger partial charge < -0.3 is 14.9 Å². The average Bonchev–Trinajstić information content (AvgIpc) is 3.32. The Morgan fingerprint density at radius 3 is 1.68 bits per heavy atom. The summed E-state index contributed by atoms with van der Waals surface area (Å²) in [6.07, 6.45) is 4.01. The largest absolute Gasteiger partial charge is 0.393 e. The molecule has 2 spiro atoms. The first-order valence-corrected chi connectivity index (χ1v) is 16.0. The van der Waals surface area contributed by atoms with Crippen LogP contribution in [0.1, 0.15) is 38.2 Å². The molecule has 8 nitrogen and oxygen atoms in total. The normalized spacial score (nSPS) is 22.7. The second-order valence-corrected chi connectivity index (χ2v) is 13.2. The molecular formula is C31H27Br2F2N4O4P. The number of nitrogens with zero attached hydrogens (tertiary/aromatic N) is 4. The molecule has 44 heavy (non-hydrogen) atoms. The zero-order chi connectivity index (χ0) is 32.6. The predicted octanol–water partition coefficient (Wildman–Crippen LogP) is 5.71. The Kier molecular flexibility index (Phi) is 7.35. The van der Waals surface area contributed by atoms with Crippen LogP contribution in [0.5, 0.6) is 0 Å². The molecule has 2 aromatic carbocycles. The summed E-state index contributed by atoms with van der Waals surface area (Å²) in [5.74, 6) is -0.790. The number of hydrogen-bond donors (Lipinski definition) is 1. The van der Waals surface area contributed by atoms with E-state index in [4.69, 9.17) is 1.37 Å². The number of aliphatic hydroxyl groups is 1. The summed E-state index contributed by atoms with van der Waals surface area (Å²) < 4.78 is 34.2. The zero-order valence-corrected chi connectivity index (χ0v) is 28.0. The summed E-state index contributed by atoms with van der Waals surface area (Å²) in [5, 5.41) is 11.2. The number of fused-ring (bicyclic) bond motifs is 8. The maximum atomic E-state index is 13.7. The highest BCUT2D eigenvalue weighted by molar-refractivity contribution is 9.10. The molecule has 4 heterocycles. The maximum Gasteiger partial charge on any atom is 0.238 e. The first-order chi connectivity index (χ1) is 21.3. The van der Waals surface area contributed by atoms with Crippen molar-refractivity contribution >= 4 is 91.9 Å². The van der Waals surface area contributed by atoms with Crippen molar-refractivity contribution in [3.05, 3.63) is 68.4 Å². The van der Waals surface area contributed by atoms with Crippen molar-refractivity contribution in [3.8, 4) is 0 Å². The number of ketones is 1. The van der Waals surface area contributed by atoms with Crippen molar-refractivity contribution in [1.29, 1.82) is 0 Å². The molecular weight excluding hydrogens is 721 g/mol. The Balaban J connectivity index is 0.000000146. The number of carbonyl (C=O) groups is 3. The smallest absolute Gasteiger partial charge is 0.238 e. The van der Waals surface area contributed by atoms with E-state index < -0.39 is 22.8 Å². The quantitative estimate of drug-likeness (QED) is 0.231. The molecule has 0 bridgehead atoms. The molecule has 1 unspecified atom stereocenters. The molecule has 228 valence electrons. The van der Waals surface area contributed by atoms with Gasteiger partial charge in [-0.1, -0.05) is 6.64 Å². The number of hydrogen-bond acceptors (Lipinski definition) is 6. The second-order valence-electron chi connectivity index (χ2n) is 11.5. The van der Waals surface area contributed by atoms with Crippen LogP contribution in [0.25, 0.3) is 21.8 Å². The maximum absolute atomic E-state index is 13.7. The Hall–Kier alpha value is -2.92. The third kappa shape index (κ3) is 4.28. The minimum atomic E-state index is -0.778. The molecule has 1 atom stereocenters. The number of aromatic nitrogens is 2. The third-order valence-corrected chi connectivity index (χ3v) is 10.3. The standard InChI is InChI=1S/C15H12BrFN2O2.C15H10BrFN2O2.CH5P/c2*1-19-12-6-18-11-3-10(17)9(16)2-8(11)13(12)15(14(19)21)4-7(20)5-15;1-2/h2-3,6-7,20H,4-5H2,1H3;2-3,6H,4-5H2,1H3;2H2,1H3/i;;1D. The Morgan fingerprint density at radius 1 is 0.864 bits per heavy atom. The van der Waals surface area contributed by atoms with E-state index >= 15 is 0 Å². The van der Waals surface area contributed by atoms with Crippen LogP contribution in [-0.2, 0) is 25.2 Å². The molecule has 2 amide bonds. The van der Waals surface area contributed by atoms with Crippen molar-refractivity contribution in [1.82, 2.24) is 9.97 Å². The molecule has 2 fully saturated rings. The van der Waals surface area contributed by atoms with E-state index in [0.717, 1.165) is 27.6 Å². The van der Waals surface area contributed by atoms with Crippen LogP contribution < -0.4 is 9.80 Å². The van der Waals surface area contributed by atoms with Crippen LogP contribution in [0, 0.1) is 11.6 Å². The van der Waals surface area contributed by atoms with Crippen LogP contribution in [0.2, 0.25) is 0 Å². The molecule has 0 saturated heterocycles. The van der Waals surface area contributed by atoms with Crippen molar-refractivity contribution in [2.45, 2.75) is 42.6 Å². The Labute approximate surface area is 272 Å². The predicted molar refractivity (Wildman–Crippen MR) is 174 cm³/mol. The van der Waals surface area contributed by atoms with E-state index in [-0.39, 0.29) is 36.3 Å². The topological polar surface area (TPSA) is 104 Å². The highest BCUT2D eigenvalue weighted by Crippen LogP contribution is 2.56. The summed E-state index contributed by atoms with van der Waals surface area (Å²) in [7, 11) is 5.65. The molecule has 4 aliphatic rings. The second kappa shape index (κ2) is 10.9. The molecule has 8 rings (SSSR count). The summed E-state index contributed by atoms with van der Waals surface area (Å²) >= 11 is 6.37. The first kappa shape index (κ1) is 29.8. The summed E-state index contributed by atoms with van der Waals surface area (Å²) in [5.41, 5.74) is 2.69. The minimum Gasteiger partial charge on any atom is -0.393 e. The number of aliphatic hydroxyl groups excluding tert-OH is 1. The number of Topliss-reactive ketones (excluding diaryl/α,β-unsaturated/α-hetero) is 1. The van der Waals surface area contributed by atoms with Gasteiger partial charge in [0.15, 0.2) is 0 Å². The van der Waals surface area contributed by atoms with Crippen LogP contribution in [0.4, 0.5) is 20.2 Å². The van der Waals surface area contributed by atoms with Gasteiger partial charge in [-0.15, -0.1) is 9.24 Å². The molecule has 4 aromatic rings. The average molecular weight is 749 g/mol. The SMILES string of the molecule is CN1C(=O)C2(CC(=O)C2)c2c1cnc1cc(F)c(Br)cc21.CN1C(=O)C2(CC(O)C2)c2c1cnc1cc(F)c(Br)cc21.[2H]CP. The Morgan fingerprint density at radius 2 is 1.27 bits per heavy atom. The van der Waals surface area contributed by atoms with E-state index in [2.05, 4.69) is 51.1 Å².